The fraction of sp³-hybridized carbons (Fsp3) is 0.500. The standard InChI is InChI=1S/C16H24N2O5/c1-3-17-16(22)12(10-15(20)21)18-8-4-5-11-6-7-13(19)14(9-11)23-2/h6-7,9,12,18-19H,3-5,8,10H2,1-2H3,(H,17,22)(H,20,21)/t12-/m0/s1. The van der Waals surface area contributed by atoms with Crippen molar-refractivity contribution < 1.29 is 24.5 Å². The summed E-state index contributed by atoms with van der Waals surface area (Å²) in [6, 6.07) is 4.40. The maximum absolute atomic E-state index is 11.8. The zero-order valence-electron chi connectivity index (χ0n) is 13.5. The Balaban J connectivity index is 2.46. The SMILES string of the molecule is CCNC(=O)[C@H](CC(=O)O)NCCCc1ccc(O)c(OC)c1. The summed E-state index contributed by atoms with van der Waals surface area (Å²) >= 11 is 0. The van der Waals surface area contributed by atoms with Crippen LogP contribution in [0.1, 0.15) is 25.3 Å². The topological polar surface area (TPSA) is 108 Å². The lowest BCUT2D eigenvalue weighted by atomic mass is 10.1. The van der Waals surface area contributed by atoms with Gasteiger partial charge in [0.2, 0.25) is 5.91 Å². The van der Waals surface area contributed by atoms with E-state index in [1.165, 1.54) is 7.11 Å². The molecule has 0 spiro atoms. The third-order valence-electron chi connectivity index (χ3n) is 3.32. The van der Waals surface area contributed by atoms with Gasteiger partial charge in [0.1, 0.15) is 0 Å². The summed E-state index contributed by atoms with van der Waals surface area (Å²) in [6.45, 7) is 2.76. The van der Waals surface area contributed by atoms with E-state index in [-0.39, 0.29) is 18.1 Å². The van der Waals surface area contributed by atoms with E-state index in [4.69, 9.17) is 9.84 Å². The molecule has 7 nitrogen and oxygen atoms in total. The summed E-state index contributed by atoms with van der Waals surface area (Å²) in [5.74, 6) is -0.813. The van der Waals surface area contributed by atoms with E-state index in [9.17, 15) is 14.7 Å². The van der Waals surface area contributed by atoms with E-state index < -0.39 is 12.0 Å². The van der Waals surface area contributed by atoms with Crippen LogP contribution in [-0.2, 0) is 16.0 Å². The molecule has 1 aromatic carbocycles. The number of benzene rings is 1. The molecule has 1 amide bonds. The first-order chi connectivity index (χ1) is 11.0. The van der Waals surface area contributed by atoms with Crippen molar-refractivity contribution in [3.8, 4) is 11.5 Å². The number of aliphatic carboxylic acids is 1. The van der Waals surface area contributed by atoms with Crippen LogP contribution in [0.3, 0.4) is 0 Å². The predicted molar refractivity (Wildman–Crippen MR) is 85.7 cm³/mol. The normalized spacial score (nSPS) is 11.7. The number of phenolic OH excluding ortho intramolecular Hbond substituents is 1. The lowest BCUT2D eigenvalue weighted by molar-refractivity contribution is -0.139. The summed E-state index contributed by atoms with van der Waals surface area (Å²) < 4.78 is 5.05. The van der Waals surface area contributed by atoms with Crippen LogP contribution >= 0.6 is 0 Å². The second-order valence-electron chi connectivity index (χ2n) is 5.11. The molecule has 0 bridgehead atoms. The van der Waals surface area contributed by atoms with Crippen molar-refractivity contribution in [1.82, 2.24) is 10.6 Å². The number of rotatable bonds is 10. The molecule has 4 N–H and O–H groups in total. The summed E-state index contributed by atoms with van der Waals surface area (Å²) in [6.07, 6.45) is 1.20. The number of amides is 1. The second kappa shape index (κ2) is 9.68. The zero-order valence-corrected chi connectivity index (χ0v) is 13.5. The van der Waals surface area contributed by atoms with Gasteiger partial charge in [-0.2, -0.15) is 0 Å². The van der Waals surface area contributed by atoms with E-state index >= 15 is 0 Å². The van der Waals surface area contributed by atoms with Gasteiger partial charge in [-0.05, 0) is 44.0 Å². The highest BCUT2D eigenvalue weighted by Crippen LogP contribution is 2.26. The average molecular weight is 324 g/mol. The monoisotopic (exact) mass is 324 g/mol. The quantitative estimate of drug-likeness (QED) is 0.476. The van der Waals surface area contributed by atoms with Crippen LogP contribution in [0.4, 0.5) is 0 Å². The maximum atomic E-state index is 11.8. The average Bonchev–Trinajstić information content (AvgIpc) is 2.51. The van der Waals surface area contributed by atoms with Crippen LogP contribution < -0.4 is 15.4 Å². The highest BCUT2D eigenvalue weighted by Gasteiger charge is 2.20. The van der Waals surface area contributed by atoms with Crippen LogP contribution in [-0.4, -0.2) is 48.3 Å². The highest BCUT2D eigenvalue weighted by molar-refractivity contribution is 5.86. The Morgan fingerprint density at radius 1 is 1.35 bits per heavy atom. The Bertz CT molecular complexity index is 533. The van der Waals surface area contributed by atoms with Gasteiger partial charge < -0.3 is 25.6 Å². The molecule has 1 aromatic rings. The smallest absolute Gasteiger partial charge is 0.305 e. The summed E-state index contributed by atoms with van der Waals surface area (Å²) in [5.41, 5.74) is 0.995. The van der Waals surface area contributed by atoms with Gasteiger partial charge in [-0.25, -0.2) is 0 Å². The van der Waals surface area contributed by atoms with Crippen molar-refractivity contribution in [1.29, 1.82) is 0 Å². The molecule has 23 heavy (non-hydrogen) atoms. The Labute approximate surface area is 135 Å². The number of carboxylic acid groups (broad SMARTS) is 1. The number of likely N-dealkylation sites (N-methyl/N-ethyl adjacent to an activating group) is 1. The Kier molecular flexibility index (Phi) is 7.90. The molecular formula is C16H24N2O5. The van der Waals surface area contributed by atoms with Crippen LogP contribution in [0.5, 0.6) is 11.5 Å². The highest BCUT2D eigenvalue weighted by atomic mass is 16.5. The van der Waals surface area contributed by atoms with E-state index in [1.807, 2.05) is 0 Å². The molecule has 0 saturated carbocycles. The third-order valence-corrected chi connectivity index (χ3v) is 3.32. The summed E-state index contributed by atoms with van der Waals surface area (Å²) in [5, 5.41) is 24.0. The van der Waals surface area contributed by atoms with E-state index in [0.29, 0.717) is 18.8 Å². The van der Waals surface area contributed by atoms with Gasteiger partial charge >= 0.3 is 5.97 Å². The molecule has 0 heterocycles. The Morgan fingerprint density at radius 3 is 2.70 bits per heavy atom. The fourth-order valence-electron chi connectivity index (χ4n) is 2.18. The van der Waals surface area contributed by atoms with E-state index in [1.54, 1.807) is 25.1 Å². The molecular weight excluding hydrogens is 300 g/mol. The molecule has 0 aliphatic heterocycles. The molecule has 0 aliphatic rings. The molecule has 0 aromatic heterocycles. The van der Waals surface area contributed by atoms with Gasteiger partial charge in [0.05, 0.1) is 19.6 Å². The molecule has 0 saturated heterocycles. The summed E-state index contributed by atoms with van der Waals surface area (Å²) in [7, 11) is 1.49. The first-order valence-corrected chi connectivity index (χ1v) is 7.56. The van der Waals surface area contributed by atoms with E-state index in [0.717, 1.165) is 18.4 Å². The van der Waals surface area contributed by atoms with Crippen molar-refractivity contribution in [3.63, 3.8) is 0 Å². The third kappa shape index (κ3) is 6.56. The van der Waals surface area contributed by atoms with Crippen molar-refractivity contribution in [2.75, 3.05) is 20.2 Å². The first-order valence-electron chi connectivity index (χ1n) is 7.56. The van der Waals surface area contributed by atoms with Gasteiger partial charge in [0.15, 0.2) is 11.5 Å². The number of methoxy groups -OCH3 is 1. The van der Waals surface area contributed by atoms with Gasteiger partial charge in [-0.1, -0.05) is 6.07 Å². The molecule has 1 atom stereocenters. The lowest BCUT2D eigenvalue weighted by Crippen LogP contribution is -2.45. The largest absolute Gasteiger partial charge is 0.504 e. The number of carboxylic acids is 1. The van der Waals surface area contributed by atoms with Crippen molar-refractivity contribution in [2.45, 2.75) is 32.2 Å². The number of aromatic hydroxyl groups is 1. The number of carbonyl (C=O) groups is 2. The number of hydrogen-bond donors (Lipinski definition) is 4. The predicted octanol–water partition coefficient (Wildman–Crippen LogP) is 0.902. The number of nitrogens with one attached hydrogen (secondary N) is 2. The second-order valence-corrected chi connectivity index (χ2v) is 5.11. The maximum Gasteiger partial charge on any atom is 0.305 e. The van der Waals surface area contributed by atoms with Gasteiger partial charge in [0.25, 0.3) is 0 Å². The molecule has 1 rings (SSSR count). The number of ether oxygens (including phenoxy) is 1. The summed E-state index contributed by atoms with van der Waals surface area (Å²) in [4.78, 5) is 22.6. The van der Waals surface area contributed by atoms with Crippen LogP contribution in [0.15, 0.2) is 18.2 Å². The van der Waals surface area contributed by atoms with Crippen molar-refractivity contribution >= 4 is 11.9 Å². The fourth-order valence-corrected chi connectivity index (χ4v) is 2.18. The number of carbonyl (C=O) groups excluding carboxylic acids is 1. The molecule has 0 fully saturated rings. The van der Waals surface area contributed by atoms with Crippen LogP contribution in [0, 0.1) is 0 Å². The number of hydrogen-bond acceptors (Lipinski definition) is 5. The van der Waals surface area contributed by atoms with Gasteiger partial charge in [0, 0.05) is 6.54 Å². The van der Waals surface area contributed by atoms with Gasteiger partial charge in [-0.15, -0.1) is 0 Å². The van der Waals surface area contributed by atoms with Gasteiger partial charge in [-0.3, -0.25) is 9.59 Å². The molecule has 0 aliphatic carbocycles. The Hall–Kier alpha value is -2.28. The van der Waals surface area contributed by atoms with Crippen molar-refractivity contribution in [2.24, 2.45) is 0 Å². The molecule has 0 unspecified atom stereocenters. The first kappa shape index (κ1) is 18.8. The minimum atomic E-state index is -1.02. The lowest BCUT2D eigenvalue weighted by Gasteiger charge is -2.16. The minimum absolute atomic E-state index is 0.0899. The number of phenols is 1. The molecule has 0 radical (unpaired) electrons. The minimum Gasteiger partial charge on any atom is -0.504 e. The van der Waals surface area contributed by atoms with Crippen LogP contribution in [0.25, 0.3) is 0 Å². The van der Waals surface area contributed by atoms with Crippen LogP contribution in [0.2, 0.25) is 0 Å². The Morgan fingerprint density at radius 2 is 2.09 bits per heavy atom. The van der Waals surface area contributed by atoms with Crippen molar-refractivity contribution in [3.05, 3.63) is 23.8 Å². The molecule has 128 valence electrons. The number of aryl methyl sites for hydroxylation is 1. The molecule has 7 heteroatoms. The zero-order chi connectivity index (χ0) is 17.2. The van der Waals surface area contributed by atoms with E-state index in [2.05, 4.69) is 10.6 Å².